The van der Waals surface area contributed by atoms with Gasteiger partial charge in [-0.2, -0.15) is 0 Å². The van der Waals surface area contributed by atoms with Gasteiger partial charge in [-0.1, -0.05) is 17.3 Å². The molecule has 1 aliphatic carbocycles. The maximum Gasteiger partial charge on any atom is 0.280 e. The first kappa shape index (κ1) is 19.8. The molecule has 1 fully saturated rings. The molecule has 3 aromatic rings. The van der Waals surface area contributed by atoms with E-state index in [0.29, 0.717) is 22.1 Å². The van der Waals surface area contributed by atoms with Crippen LogP contribution >= 0.6 is 11.3 Å². The summed E-state index contributed by atoms with van der Waals surface area (Å²) in [6.45, 7) is 0. The minimum Gasteiger partial charge on any atom is -0.494 e. The SMILES string of the molecule is COc1cnc(C(F)F)cc1-c1ccncc1C(=O)Nc1nnc(C#CC2CC2)s1. The van der Waals surface area contributed by atoms with Gasteiger partial charge in [-0.15, -0.1) is 10.2 Å². The summed E-state index contributed by atoms with van der Waals surface area (Å²) in [6, 6.07) is 2.75. The minimum atomic E-state index is -2.76. The average Bonchev–Trinajstić information content (AvgIpc) is 3.49. The van der Waals surface area contributed by atoms with Crippen molar-refractivity contribution in [2.45, 2.75) is 19.3 Å². The fraction of sp³-hybridized carbons (Fsp3) is 0.250. The van der Waals surface area contributed by atoms with Crippen LogP contribution in [-0.4, -0.2) is 33.2 Å². The van der Waals surface area contributed by atoms with Crippen molar-refractivity contribution in [2.75, 3.05) is 12.4 Å². The Bertz CT molecular complexity index is 1150. The summed E-state index contributed by atoms with van der Waals surface area (Å²) >= 11 is 1.16. The van der Waals surface area contributed by atoms with Crippen LogP contribution in [0.1, 0.15) is 40.3 Å². The molecule has 1 aliphatic rings. The molecule has 0 atom stereocenters. The molecule has 7 nitrogen and oxygen atoms in total. The molecule has 1 saturated carbocycles. The molecule has 0 aliphatic heterocycles. The number of carbonyl (C=O) groups excluding carboxylic acids is 1. The smallest absolute Gasteiger partial charge is 0.280 e. The number of halogens is 2. The zero-order valence-electron chi connectivity index (χ0n) is 15.7. The molecule has 1 N–H and O–H groups in total. The Kier molecular flexibility index (Phi) is 5.63. The third kappa shape index (κ3) is 4.41. The lowest BCUT2D eigenvalue weighted by Crippen LogP contribution is -2.13. The Morgan fingerprint density at radius 1 is 1.30 bits per heavy atom. The first-order chi connectivity index (χ1) is 14.5. The van der Waals surface area contributed by atoms with Crippen LogP contribution in [0.5, 0.6) is 5.75 Å². The molecule has 0 spiro atoms. The Hall–Kier alpha value is -3.45. The summed E-state index contributed by atoms with van der Waals surface area (Å²) in [5.41, 5.74) is 0.436. The molecule has 0 unspecified atom stereocenters. The van der Waals surface area contributed by atoms with Gasteiger partial charge in [0.15, 0.2) is 5.01 Å². The standard InChI is InChI=1S/C20H15F2N5O2S/c1-29-16-10-24-15(18(21)22)8-13(16)12-6-7-23-9-14(12)19(28)25-20-27-26-17(30-20)5-4-11-2-3-11/h6-11,18H,2-3H2,1H3,(H,25,27,28). The van der Waals surface area contributed by atoms with Gasteiger partial charge in [-0.3, -0.25) is 20.1 Å². The molecule has 0 aromatic carbocycles. The van der Waals surface area contributed by atoms with Crippen molar-refractivity contribution in [3.8, 4) is 28.7 Å². The second-order valence-electron chi connectivity index (χ2n) is 6.44. The van der Waals surface area contributed by atoms with Gasteiger partial charge in [0, 0.05) is 29.4 Å². The number of hydrogen-bond acceptors (Lipinski definition) is 7. The topological polar surface area (TPSA) is 89.9 Å². The Morgan fingerprint density at radius 3 is 2.87 bits per heavy atom. The van der Waals surface area contributed by atoms with Crippen molar-refractivity contribution in [1.82, 2.24) is 20.2 Å². The quantitative estimate of drug-likeness (QED) is 0.620. The van der Waals surface area contributed by atoms with Crippen LogP contribution in [0.15, 0.2) is 30.7 Å². The number of carbonyl (C=O) groups is 1. The molecule has 0 saturated heterocycles. The van der Waals surface area contributed by atoms with Crippen LogP contribution in [0.3, 0.4) is 0 Å². The third-order valence-corrected chi connectivity index (χ3v) is 5.05. The molecular formula is C20H15F2N5O2S. The molecule has 3 heterocycles. The van der Waals surface area contributed by atoms with E-state index < -0.39 is 18.0 Å². The Labute approximate surface area is 174 Å². The van der Waals surface area contributed by atoms with Gasteiger partial charge in [0.2, 0.25) is 5.13 Å². The summed E-state index contributed by atoms with van der Waals surface area (Å²) in [4.78, 5) is 20.5. The predicted molar refractivity (Wildman–Crippen MR) is 106 cm³/mol. The van der Waals surface area contributed by atoms with Gasteiger partial charge in [0.25, 0.3) is 12.3 Å². The number of rotatable bonds is 5. The summed E-state index contributed by atoms with van der Waals surface area (Å²) in [7, 11) is 1.40. The number of nitrogens with zero attached hydrogens (tertiary/aromatic N) is 4. The highest BCUT2D eigenvalue weighted by atomic mass is 32.1. The van der Waals surface area contributed by atoms with E-state index >= 15 is 0 Å². The molecule has 4 rings (SSSR count). The number of aromatic nitrogens is 4. The molecular weight excluding hydrogens is 412 g/mol. The van der Waals surface area contributed by atoms with E-state index in [0.717, 1.165) is 24.2 Å². The van der Waals surface area contributed by atoms with Crippen LogP contribution < -0.4 is 10.1 Å². The largest absolute Gasteiger partial charge is 0.494 e. The lowest BCUT2D eigenvalue weighted by Gasteiger charge is -2.13. The molecule has 152 valence electrons. The Morgan fingerprint density at radius 2 is 2.13 bits per heavy atom. The van der Waals surface area contributed by atoms with Gasteiger partial charge in [-0.25, -0.2) is 8.78 Å². The molecule has 1 amide bonds. The second-order valence-corrected chi connectivity index (χ2v) is 7.42. The van der Waals surface area contributed by atoms with Crippen molar-refractivity contribution in [3.63, 3.8) is 0 Å². The van der Waals surface area contributed by atoms with Crippen molar-refractivity contribution < 1.29 is 18.3 Å². The van der Waals surface area contributed by atoms with Crippen molar-refractivity contribution in [3.05, 3.63) is 47.0 Å². The number of nitrogens with one attached hydrogen (secondary N) is 1. The first-order valence-electron chi connectivity index (χ1n) is 8.98. The van der Waals surface area contributed by atoms with E-state index in [1.54, 1.807) is 6.07 Å². The lowest BCUT2D eigenvalue weighted by atomic mass is 10.0. The van der Waals surface area contributed by atoms with Crippen LogP contribution in [-0.2, 0) is 0 Å². The fourth-order valence-corrected chi connectivity index (χ4v) is 3.24. The lowest BCUT2D eigenvalue weighted by molar-refractivity contribution is 0.102. The van der Waals surface area contributed by atoms with E-state index in [1.807, 2.05) is 0 Å². The number of amides is 1. The van der Waals surface area contributed by atoms with Crippen LogP contribution in [0.25, 0.3) is 11.1 Å². The maximum atomic E-state index is 13.1. The van der Waals surface area contributed by atoms with Gasteiger partial charge in [0.05, 0.1) is 18.9 Å². The highest BCUT2D eigenvalue weighted by molar-refractivity contribution is 7.15. The number of alkyl halides is 2. The van der Waals surface area contributed by atoms with E-state index in [4.69, 9.17) is 4.74 Å². The number of hydrogen-bond donors (Lipinski definition) is 1. The zero-order valence-corrected chi connectivity index (χ0v) is 16.5. The second kappa shape index (κ2) is 8.51. The van der Waals surface area contributed by atoms with Crippen molar-refractivity contribution >= 4 is 22.4 Å². The molecule has 0 radical (unpaired) electrons. The highest BCUT2D eigenvalue weighted by Crippen LogP contribution is 2.34. The number of ether oxygens (including phenoxy) is 1. The van der Waals surface area contributed by atoms with Crippen LogP contribution in [0, 0.1) is 17.8 Å². The van der Waals surface area contributed by atoms with Gasteiger partial charge < -0.3 is 4.74 Å². The molecule has 0 bridgehead atoms. The summed E-state index contributed by atoms with van der Waals surface area (Å²) in [6.07, 6.45) is 3.46. The maximum absolute atomic E-state index is 13.1. The molecule has 3 aromatic heterocycles. The summed E-state index contributed by atoms with van der Waals surface area (Å²) in [5, 5.41) is 11.3. The minimum absolute atomic E-state index is 0.169. The summed E-state index contributed by atoms with van der Waals surface area (Å²) in [5.74, 6) is 6.21. The normalized spacial score (nSPS) is 12.9. The fourth-order valence-electron chi connectivity index (χ4n) is 2.64. The van der Waals surface area contributed by atoms with E-state index in [-0.39, 0.29) is 16.4 Å². The van der Waals surface area contributed by atoms with E-state index in [9.17, 15) is 13.6 Å². The van der Waals surface area contributed by atoms with E-state index in [2.05, 4.69) is 37.3 Å². The van der Waals surface area contributed by atoms with Gasteiger partial charge >= 0.3 is 0 Å². The molecule has 10 heteroatoms. The molecule has 30 heavy (non-hydrogen) atoms. The van der Waals surface area contributed by atoms with Gasteiger partial charge in [0.1, 0.15) is 11.4 Å². The Balaban J connectivity index is 1.63. The average molecular weight is 427 g/mol. The van der Waals surface area contributed by atoms with Crippen molar-refractivity contribution in [2.24, 2.45) is 5.92 Å². The number of pyridine rings is 2. The van der Waals surface area contributed by atoms with E-state index in [1.165, 1.54) is 31.8 Å². The summed E-state index contributed by atoms with van der Waals surface area (Å²) < 4.78 is 31.5. The first-order valence-corrected chi connectivity index (χ1v) is 9.79. The highest BCUT2D eigenvalue weighted by Gasteiger charge is 2.21. The number of anilines is 1. The van der Waals surface area contributed by atoms with Gasteiger partial charge in [-0.05, 0) is 30.9 Å². The zero-order chi connectivity index (χ0) is 21.1. The third-order valence-electron chi connectivity index (χ3n) is 4.29. The van der Waals surface area contributed by atoms with Crippen LogP contribution in [0.2, 0.25) is 0 Å². The number of methoxy groups -OCH3 is 1. The monoisotopic (exact) mass is 427 g/mol. The predicted octanol–water partition coefficient (Wildman–Crippen LogP) is 3.96. The van der Waals surface area contributed by atoms with Crippen LogP contribution in [0.4, 0.5) is 13.9 Å². The van der Waals surface area contributed by atoms with Crippen molar-refractivity contribution in [1.29, 1.82) is 0 Å².